The first kappa shape index (κ1) is 9.02. The van der Waals surface area contributed by atoms with Crippen LogP contribution in [-0.2, 0) is 0 Å². The van der Waals surface area contributed by atoms with E-state index in [2.05, 4.69) is 27.0 Å². The summed E-state index contributed by atoms with van der Waals surface area (Å²) in [5.41, 5.74) is 7.32. The van der Waals surface area contributed by atoms with Gasteiger partial charge in [-0.3, -0.25) is 0 Å². The van der Waals surface area contributed by atoms with Crippen molar-refractivity contribution in [2.24, 2.45) is 11.7 Å². The van der Waals surface area contributed by atoms with Gasteiger partial charge in [-0.15, -0.1) is 0 Å². The average molecular weight is 137 g/mol. The van der Waals surface area contributed by atoms with E-state index in [9.17, 15) is 0 Å². The largest absolute Gasteiger partial charge is 0.399 e. The minimum atomic E-state index is 0.413. The highest BCUT2D eigenvalue weighted by molar-refractivity contribution is 5.29. The molecule has 0 aliphatic carbocycles. The first-order chi connectivity index (χ1) is 4.59. The maximum Gasteiger partial charge on any atom is 0.0343 e. The summed E-state index contributed by atoms with van der Waals surface area (Å²) in [6.07, 6.45) is 3.44. The van der Waals surface area contributed by atoms with Gasteiger partial charge in [-0.2, -0.15) is 0 Å². The molecule has 0 bridgehead atoms. The molecule has 0 saturated carbocycles. The van der Waals surface area contributed by atoms with E-state index in [4.69, 9.17) is 5.73 Å². The van der Waals surface area contributed by atoms with Gasteiger partial charge in [-0.25, -0.2) is 0 Å². The minimum Gasteiger partial charge on any atom is -0.399 e. The van der Waals surface area contributed by atoms with Gasteiger partial charge in [0.1, 0.15) is 0 Å². The maximum atomic E-state index is 5.62. The van der Waals surface area contributed by atoms with Crippen molar-refractivity contribution < 1.29 is 0 Å². The summed E-state index contributed by atoms with van der Waals surface area (Å²) < 4.78 is 0. The van der Waals surface area contributed by atoms with E-state index >= 15 is 0 Å². The summed E-state index contributed by atoms with van der Waals surface area (Å²) in [5.74, 6) is 0.413. The van der Waals surface area contributed by atoms with Crippen LogP contribution in [0.4, 0.5) is 0 Å². The van der Waals surface area contributed by atoms with Crippen LogP contribution in [0, 0.1) is 5.92 Å². The van der Waals surface area contributed by atoms with Gasteiger partial charge in [0.25, 0.3) is 0 Å². The van der Waals surface area contributed by atoms with Crippen LogP contribution in [-0.4, -0.2) is 0 Å². The Morgan fingerprint density at radius 2 is 2.00 bits per heavy atom. The molecule has 56 valence electrons. The normalized spacial score (nSPS) is 11.7. The summed E-state index contributed by atoms with van der Waals surface area (Å²) in [7, 11) is 0. The molecule has 1 nitrogen and oxygen atoms in total. The van der Waals surface area contributed by atoms with E-state index in [0.717, 1.165) is 11.3 Å². The van der Waals surface area contributed by atoms with Crippen molar-refractivity contribution in [3.05, 3.63) is 36.6 Å². The van der Waals surface area contributed by atoms with Gasteiger partial charge >= 0.3 is 0 Å². The van der Waals surface area contributed by atoms with E-state index in [1.165, 1.54) is 0 Å². The van der Waals surface area contributed by atoms with E-state index in [-0.39, 0.29) is 0 Å². The molecule has 0 aliphatic rings. The molecule has 0 aliphatic heterocycles. The highest BCUT2D eigenvalue weighted by Crippen LogP contribution is 2.12. The zero-order chi connectivity index (χ0) is 8.15. The molecule has 0 amide bonds. The van der Waals surface area contributed by atoms with Gasteiger partial charge in [0.2, 0.25) is 0 Å². The first-order valence-electron chi connectivity index (χ1n) is 3.37. The highest BCUT2D eigenvalue weighted by Gasteiger charge is 2.00. The van der Waals surface area contributed by atoms with E-state index in [1.54, 1.807) is 12.2 Å². The molecule has 0 unspecified atom stereocenters. The Labute approximate surface area is 62.9 Å². The molecule has 2 N–H and O–H groups in total. The van der Waals surface area contributed by atoms with E-state index < -0.39 is 0 Å². The maximum absolute atomic E-state index is 5.62. The molecule has 0 rings (SSSR count). The summed E-state index contributed by atoms with van der Waals surface area (Å²) in [4.78, 5) is 0. The van der Waals surface area contributed by atoms with Gasteiger partial charge in [-0.1, -0.05) is 33.1 Å². The molecule has 0 aromatic rings. The predicted molar refractivity (Wildman–Crippen MR) is 46.4 cm³/mol. The van der Waals surface area contributed by atoms with Crippen molar-refractivity contribution in [3.8, 4) is 0 Å². The smallest absolute Gasteiger partial charge is 0.0343 e. The first-order valence-corrected chi connectivity index (χ1v) is 3.37. The zero-order valence-corrected chi connectivity index (χ0v) is 6.72. The van der Waals surface area contributed by atoms with Crippen molar-refractivity contribution in [1.82, 2.24) is 0 Å². The monoisotopic (exact) mass is 137 g/mol. The highest BCUT2D eigenvalue weighted by atomic mass is 14.6. The van der Waals surface area contributed by atoms with Crippen LogP contribution in [0.5, 0.6) is 0 Å². The summed E-state index contributed by atoms with van der Waals surface area (Å²) >= 11 is 0. The molecule has 10 heavy (non-hydrogen) atoms. The third kappa shape index (κ3) is 2.53. The molecule has 0 radical (unpaired) electrons. The topological polar surface area (TPSA) is 26.0 Å². The van der Waals surface area contributed by atoms with Gasteiger partial charge in [0.05, 0.1) is 0 Å². The molecule has 0 fully saturated rings. The molecular weight excluding hydrogens is 122 g/mol. The molecule has 0 aromatic carbocycles. The van der Waals surface area contributed by atoms with Gasteiger partial charge in [0.15, 0.2) is 0 Å². The van der Waals surface area contributed by atoms with Crippen LogP contribution in [0.1, 0.15) is 13.8 Å². The van der Waals surface area contributed by atoms with Crippen molar-refractivity contribution in [3.63, 3.8) is 0 Å². The fraction of sp³-hybridized carbons (Fsp3) is 0.333. The summed E-state index contributed by atoms with van der Waals surface area (Å²) in [5, 5.41) is 0. The van der Waals surface area contributed by atoms with Crippen LogP contribution in [0.3, 0.4) is 0 Å². The van der Waals surface area contributed by atoms with Crippen LogP contribution in [0.2, 0.25) is 0 Å². The Balaban J connectivity index is 4.21. The Morgan fingerprint density at radius 1 is 1.50 bits per heavy atom. The molecule has 0 atom stereocenters. The van der Waals surface area contributed by atoms with Gasteiger partial charge in [-0.05, 0) is 17.6 Å². The quantitative estimate of drug-likeness (QED) is 0.593. The summed E-state index contributed by atoms with van der Waals surface area (Å²) in [6.45, 7) is 11.5. The Morgan fingerprint density at radius 3 is 2.30 bits per heavy atom. The molecular formula is C9H15N. The SMILES string of the molecule is C=C/C=C(/N)C(=C)C(C)C. The second kappa shape index (κ2) is 3.94. The number of allylic oxidation sites excluding steroid dienone is 3. The molecule has 0 heterocycles. The lowest BCUT2D eigenvalue weighted by atomic mass is 10.0. The number of nitrogens with two attached hydrogens (primary N) is 1. The Bertz CT molecular complexity index is 164. The molecule has 0 saturated heterocycles. The fourth-order valence-corrected chi connectivity index (χ4v) is 0.567. The van der Waals surface area contributed by atoms with Crippen molar-refractivity contribution in [1.29, 1.82) is 0 Å². The van der Waals surface area contributed by atoms with Crippen LogP contribution in [0.25, 0.3) is 0 Å². The third-order valence-corrected chi connectivity index (χ3v) is 1.37. The second-order valence-electron chi connectivity index (χ2n) is 2.54. The van der Waals surface area contributed by atoms with Crippen LogP contribution >= 0.6 is 0 Å². The van der Waals surface area contributed by atoms with Gasteiger partial charge in [0, 0.05) is 5.70 Å². The number of rotatable bonds is 3. The van der Waals surface area contributed by atoms with E-state index in [0.29, 0.717) is 5.92 Å². The minimum absolute atomic E-state index is 0.413. The number of hydrogen-bond acceptors (Lipinski definition) is 1. The Hall–Kier alpha value is -0.980. The van der Waals surface area contributed by atoms with E-state index in [1.807, 2.05) is 0 Å². The Kier molecular flexibility index (Phi) is 3.55. The third-order valence-electron chi connectivity index (χ3n) is 1.37. The number of hydrogen-bond donors (Lipinski definition) is 1. The lowest BCUT2D eigenvalue weighted by Crippen LogP contribution is -2.04. The second-order valence-corrected chi connectivity index (χ2v) is 2.54. The van der Waals surface area contributed by atoms with Gasteiger partial charge < -0.3 is 5.73 Å². The summed E-state index contributed by atoms with van der Waals surface area (Å²) in [6, 6.07) is 0. The lowest BCUT2D eigenvalue weighted by molar-refractivity contribution is 0.778. The van der Waals surface area contributed by atoms with Crippen LogP contribution < -0.4 is 5.73 Å². The standard InChI is InChI=1S/C9H15N/c1-5-6-9(10)8(4)7(2)3/h5-7H,1,4,10H2,2-3H3/b9-6+. The van der Waals surface area contributed by atoms with Crippen LogP contribution in [0.15, 0.2) is 36.6 Å². The van der Waals surface area contributed by atoms with Crippen molar-refractivity contribution >= 4 is 0 Å². The predicted octanol–water partition coefficient (Wildman–Crippen LogP) is 2.23. The average Bonchev–Trinajstić information content (AvgIpc) is 1.87. The van der Waals surface area contributed by atoms with Crippen molar-refractivity contribution in [2.75, 3.05) is 0 Å². The molecule has 1 heteroatoms. The zero-order valence-electron chi connectivity index (χ0n) is 6.72. The molecule has 0 aromatic heterocycles. The molecule has 0 spiro atoms. The lowest BCUT2D eigenvalue weighted by Gasteiger charge is -2.07. The van der Waals surface area contributed by atoms with Crippen molar-refractivity contribution in [2.45, 2.75) is 13.8 Å². The fourth-order valence-electron chi connectivity index (χ4n) is 0.567.